The van der Waals surface area contributed by atoms with Crippen molar-refractivity contribution in [3.05, 3.63) is 59.7 Å². The first-order valence-electron chi connectivity index (χ1n) is 9.90. The summed E-state index contributed by atoms with van der Waals surface area (Å²) in [5.41, 5.74) is 1.87. The van der Waals surface area contributed by atoms with Crippen LogP contribution in [0.5, 0.6) is 5.75 Å². The van der Waals surface area contributed by atoms with Crippen LogP contribution in [0.3, 0.4) is 0 Å². The summed E-state index contributed by atoms with van der Waals surface area (Å²) in [7, 11) is -3.93. The molecule has 0 spiro atoms. The number of rotatable bonds is 7. The SMILES string of the molecule is Cc1ccc(C(=O)Nc2nnc(S(=O)(=O)Nc3ccc(OC4CCCC4)cc3)s2)cc1. The topological polar surface area (TPSA) is 110 Å². The number of amides is 1. The van der Waals surface area contributed by atoms with Crippen molar-refractivity contribution in [2.75, 3.05) is 10.0 Å². The number of hydrogen-bond donors (Lipinski definition) is 2. The van der Waals surface area contributed by atoms with E-state index in [1.165, 1.54) is 12.8 Å². The van der Waals surface area contributed by atoms with E-state index in [9.17, 15) is 13.2 Å². The summed E-state index contributed by atoms with van der Waals surface area (Å²) in [4.78, 5) is 12.3. The molecule has 2 aromatic carbocycles. The van der Waals surface area contributed by atoms with Crippen molar-refractivity contribution in [1.82, 2.24) is 10.2 Å². The summed E-state index contributed by atoms with van der Waals surface area (Å²) in [5.74, 6) is 0.331. The molecule has 1 heterocycles. The number of sulfonamides is 1. The van der Waals surface area contributed by atoms with Crippen LogP contribution in [0.1, 0.15) is 41.6 Å². The third-order valence-corrected chi connectivity index (χ3v) is 7.47. The summed E-state index contributed by atoms with van der Waals surface area (Å²) in [6.45, 7) is 1.92. The Morgan fingerprint density at radius 1 is 1.03 bits per heavy atom. The predicted molar refractivity (Wildman–Crippen MR) is 119 cm³/mol. The Hall–Kier alpha value is -2.98. The Morgan fingerprint density at radius 2 is 1.71 bits per heavy atom. The number of nitrogens with one attached hydrogen (secondary N) is 2. The van der Waals surface area contributed by atoms with Gasteiger partial charge < -0.3 is 4.74 Å². The molecule has 0 saturated heterocycles. The maximum Gasteiger partial charge on any atom is 0.291 e. The Kier molecular flexibility index (Phi) is 6.19. The second kappa shape index (κ2) is 9.03. The lowest BCUT2D eigenvalue weighted by molar-refractivity contribution is 0.102. The van der Waals surface area contributed by atoms with E-state index in [0.29, 0.717) is 17.0 Å². The number of aromatic nitrogens is 2. The van der Waals surface area contributed by atoms with E-state index >= 15 is 0 Å². The number of nitrogens with zero attached hydrogens (tertiary/aromatic N) is 2. The lowest BCUT2D eigenvalue weighted by atomic mass is 10.1. The van der Waals surface area contributed by atoms with Gasteiger partial charge in [-0.05, 0) is 69.0 Å². The molecule has 1 saturated carbocycles. The minimum atomic E-state index is -3.93. The monoisotopic (exact) mass is 458 g/mol. The highest BCUT2D eigenvalue weighted by Gasteiger charge is 2.22. The third-order valence-electron chi connectivity index (χ3n) is 4.88. The average Bonchev–Trinajstić information content (AvgIpc) is 3.42. The fraction of sp³-hybridized carbons (Fsp3) is 0.286. The molecule has 10 heteroatoms. The molecule has 1 aromatic heterocycles. The van der Waals surface area contributed by atoms with Crippen molar-refractivity contribution < 1.29 is 17.9 Å². The van der Waals surface area contributed by atoms with Crippen molar-refractivity contribution in [3.8, 4) is 5.75 Å². The van der Waals surface area contributed by atoms with E-state index in [1.54, 1.807) is 36.4 Å². The van der Waals surface area contributed by atoms with Crippen LogP contribution in [0.15, 0.2) is 52.9 Å². The van der Waals surface area contributed by atoms with Gasteiger partial charge >= 0.3 is 0 Å². The number of aryl methyl sites for hydroxylation is 1. The zero-order valence-electron chi connectivity index (χ0n) is 16.9. The molecule has 1 amide bonds. The second-order valence-corrected chi connectivity index (χ2v) is 10.2. The molecule has 4 rings (SSSR count). The number of carbonyl (C=O) groups is 1. The van der Waals surface area contributed by atoms with Gasteiger partial charge in [0.2, 0.25) is 5.13 Å². The number of carbonyl (C=O) groups excluding carboxylic acids is 1. The highest BCUT2D eigenvalue weighted by atomic mass is 32.2. The van der Waals surface area contributed by atoms with Crippen LogP contribution in [0.4, 0.5) is 10.8 Å². The lowest BCUT2D eigenvalue weighted by Gasteiger charge is -2.13. The van der Waals surface area contributed by atoms with E-state index in [1.807, 2.05) is 19.1 Å². The van der Waals surface area contributed by atoms with Gasteiger partial charge in [0, 0.05) is 11.3 Å². The molecule has 8 nitrogen and oxygen atoms in total. The largest absolute Gasteiger partial charge is 0.490 e. The first-order chi connectivity index (χ1) is 14.9. The van der Waals surface area contributed by atoms with E-state index in [4.69, 9.17) is 4.74 Å². The molecule has 0 radical (unpaired) electrons. The first-order valence-corrected chi connectivity index (χ1v) is 12.2. The summed E-state index contributed by atoms with van der Waals surface area (Å²) >= 11 is 0.780. The number of hydrogen-bond acceptors (Lipinski definition) is 7. The molecule has 162 valence electrons. The first kappa shape index (κ1) is 21.3. The van der Waals surface area contributed by atoms with Gasteiger partial charge in [0.1, 0.15) is 5.75 Å². The molecular formula is C21H22N4O4S2. The van der Waals surface area contributed by atoms with Crippen molar-refractivity contribution >= 4 is 38.1 Å². The molecule has 31 heavy (non-hydrogen) atoms. The van der Waals surface area contributed by atoms with E-state index < -0.39 is 10.0 Å². The highest BCUT2D eigenvalue weighted by Crippen LogP contribution is 2.27. The van der Waals surface area contributed by atoms with Gasteiger partial charge in [0.15, 0.2) is 0 Å². The zero-order valence-corrected chi connectivity index (χ0v) is 18.5. The van der Waals surface area contributed by atoms with Crippen LogP contribution in [0, 0.1) is 6.92 Å². The number of anilines is 2. The van der Waals surface area contributed by atoms with Gasteiger partial charge in [-0.15, -0.1) is 10.2 Å². The molecule has 0 aliphatic heterocycles. The van der Waals surface area contributed by atoms with Gasteiger partial charge in [-0.3, -0.25) is 14.8 Å². The molecular weight excluding hydrogens is 436 g/mol. The maximum atomic E-state index is 12.6. The zero-order chi connectivity index (χ0) is 21.8. The fourth-order valence-corrected chi connectivity index (χ4v) is 5.20. The fourth-order valence-electron chi connectivity index (χ4n) is 3.24. The third kappa shape index (κ3) is 5.39. The summed E-state index contributed by atoms with van der Waals surface area (Å²) in [6, 6.07) is 13.8. The average molecular weight is 459 g/mol. The summed E-state index contributed by atoms with van der Waals surface area (Å²) in [5, 5.41) is 10.2. The lowest BCUT2D eigenvalue weighted by Crippen LogP contribution is -2.13. The Labute approximate surface area is 184 Å². The minimum Gasteiger partial charge on any atom is -0.490 e. The van der Waals surface area contributed by atoms with Crippen LogP contribution < -0.4 is 14.8 Å². The van der Waals surface area contributed by atoms with Gasteiger partial charge in [-0.25, -0.2) is 0 Å². The van der Waals surface area contributed by atoms with Crippen LogP contribution in [-0.2, 0) is 10.0 Å². The number of ether oxygens (including phenoxy) is 1. The van der Waals surface area contributed by atoms with Crippen LogP contribution >= 0.6 is 11.3 Å². The Bertz CT molecular complexity index is 1150. The van der Waals surface area contributed by atoms with Crippen LogP contribution in [-0.4, -0.2) is 30.6 Å². The van der Waals surface area contributed by atoms with Crippen molar-refractivity contribution in [2.45, 2.75) is 43.1 Å². The van der Waals surface area contributed by atoms with E-state index in [0.717, 1.165) is 29.7 Å². The second-order valence-electron chi connectivity index (χ2n) is 7.35. The molecule has 3 aromatic rings. The normalized spacial score (nSPS) is 14.4. The van der Waals surface area contributed by atoms with Crippen molar-refractivity contribution in [2.24, 2.45) is 0 Å². The van der Waals surface area contributed by atoms with Crippen LogP contribution in [0.25, 0.3) is 0 Å². The Balaban J connectivity index is 1.39. The quantitative estimate of drug-likeness (QED) is 0.513. The van der Waals surface area contributed by atoms with Crippen molar-refractivity contribution in [1.29, 1.82) is 0 Å². The molecule has 0 atom stereocenters. The summed E-state index contributed by atoms with van der Waals surface area (Å²) in [6.07, 6.45) is 4.69. The molecule has 2 N–H and O–H groups in total. The van der Waals surface area contributed by atoms with E-state index in [2.05, 4.69) is 20.2 Å². The highest BCUT2D eigenvalue weighted by molar-refractivity contribution is 7.94. The number of benzene rings is 2. The minimum absolute atomic E-state index is 0.103. The maximum absolute atomic E-state index is 12.6. The standard InChI is InChI=1S/C21H22N4O4S2/c1-14-6-8-15(9-7-14)19(26)22-20-23-24-21(30-20)31(27,28)25-16-10-12-18(13-11-16)29-17-4-2-3-5-17/h6-13,17,25H,2-5H2,1H3,(H,22,23,26). The van der Waals surface area contributed by atoms with E-state index in [-0.39, 0.29) is 21.5 Å². The summed E-state index contributed by atoms with van der Waals surface area (Å²) < 4.78 is 33.4. The van der Waals surface area contributed by atoms with Gasteiger partial charge in [-0.2, -0.15) is 8.42 Å². The molecule has 1 aliphatic carbocycles. The molecule has 0 unspecified atom stereocenters. The molecule has 1 aliphatic rings. The predicted octanol–water partition coefficient (Wildman–Crippen LogP) is 4.22. The Morgan fingerprint density at radius 3 is 2.39 bits per heavy atom. The van der Waals surface area contributed by atoms with Crippen molar-refractivity contribution in [3.63, 3.8) is 0 Å². The molecule has 1 fully saturated rings. The van der Waals surface area contributed by atoms with Gasteiger partial charge in [-0.1, -0.05) is 29.0 Å². The molecule has 0 bridgehead atoms. The van der Waals surface area contributed by atoms with Gasteiger partial charge in [0.05, 0.1) is 6.10 Å². The smallest absolute Gasteiger partial charge is 0.291 e. The van der Waals surface area contributed by atoms with Crippen LogP contribution in [0.2, 0.25) is 0 Å². The van der Waals surface area contributed by atoms with Gasteiger partial charge in [0.25, 0.3) is 20.3 Å².